The number of halogens is 2. The zero-order valence-corrected chi connectivity index (χ0v) is 23.7. The van der Waals surface area contributed by atoms with Gasteiger partial charge in [-0.25, -0.2) is 13.2 Å². The molecule has 0 aromatic heterocycles. The molecule has 0 bridgehead atoms. The van der Waals surface area contributed by atoms with Crippen molar-refractivity contribution in [3.05, 3.63) is 132 Å². The molecule has 2 fully saturated rings. The molecule has 1 saturated heterocycles. The van der Waals surface area contributed by atoms with Gasteiger partial charge < -0.3 is 0 Å². The Balaban J connectivity index is 1.63. The van der Waals surface area contributed by atoms with Crippen LogP contribution in [0.2, 0.25) is 0 Å². The molecular formula is C33H33F2NOP2. The first-order chi connectivity index (χ1) is 19.1. The lowest BCUT2D eigenvalue weighted by atomic mass is 10.0. The van der Waals surface area contributed by atoms with Gasteiger partial charge in [0.1, 0.15) is 11.6 Å². The van der Waals surface area contributed by atoms with Gasteiger partial charge in [-0.2, -0.15) is 0 Å². The summed E-state index contributed by atoms with van der Waals surface area (Å²) in [7, 11) is -5.03. The Morgan fingerprint density at radius 3 is 1.44 bits per heavy atom. The first-order valence-electron chi connectivity index (χ1n) is 13.9. The number of hydrogen-bond acceptors (Lipinski definition) is 1. The van der Waals surface area contributed by atoms with Crippen LogP contribution in [0.5, 0.6) is 0 Å². The monoisotopic (exact) mass is 559 g/mol. The Hall–Kier alpha value is -2.64. The van der Waals surface area contributed by atoms with Gasteiger partial charge in [-0.15, -0.1) is 0 Å². The van der Waals surface area contributed by atoms with Crippen molar-refractivity contribution in [1.29, 1.82) is 0 Å². The molecule has 39 heavy (non-hydrogen) atoms. The minimum absolute atomic E-state index is 0.00307. The second-order valence-corrected chi connectivity index (χ2v) is 15.8. The van der Waals surface area contributed by atoms with Crippen LogP contribution in [0.4, 0.5) is 8.78 Å². The zero-order valence-electron chi connectivity index (χ0n) is 21.9. The summed E-state index contributed by atoms with van der Waals surface area (Å²) in [5, 5.41) is 0.241. The molecule has 0 N–H and O–H groups in total. The molecule has 2 nitrogen and oxygen atoms in total. The lowest BCUT2D eigenvalue weighted by Gasteiger charge is -2.45. The predicted molar refractivity (Wildman–Crippen MR) is 158 cm³/mol. The molecule has 0 amide bonds. The van der Waals surface area contributed by atoms with Crippen molar-refractivity contribution in [3.63, 3.8) is 0 Å². The van der Waals surface area contributed by atoms with Gasteiger partial charge in [0.25, 0.3) is 0 Å². The maximum absolute atomic E-state index is 15.9. The van der Waals surface area contributed by atoms with Crippen LogP contribution < -0.4 is 10.6 Å². The Morgan fingerprint density at radius 1 is 0.590 bits per heavy atom. The molecule has 2 aliphatic rings. The second-order valence-electron chi connectivity index (χ2n) is 10.5. The first kappa shape index (κ1) is 26.6. The SMILES string of the molecule is O=P(c1ccccc1F)(c1ccccc1F)N(C1CCCC1)P1C(c2ccccc2)CCC1c1ccccc1. The highest BCUT2D eigenvalue weighted by molar-refractivity contribution is 7.84. The van der Waals surface area contributed by atoms with Gasteiger partial charge in [-0.1, -0.05) is 97.8 Å². The maximum Gasteiger partial charge on any atom is 0.216 e. The molecule has 200 valence electrons. The van der Waals surface area contributed by atoms with E-state index >= 15 is 13.3 Å². The molecule has 1 aliphatic carbocycles. The van der Waals surface area contributed by atoms with Crippen molar-refractivity contribution in [3.8, 4) is 0 Å². The van der Waals surface area contributed by atoms with E-state index < -0.39 is 27.0 Å². The van der Waals surface area contributed by atoms with E-state index in [-0.39, 0.29) is 28.0 Å². The number of benzene rings is 4. The number of nitrogens with zero attached hydrogens (tertiary/aromatic N) is 1. The van der Waals surface area contributed by atoms with Gasteiger partial charge in [0.05, 0.1) is 10.6 Å². The van der Waals surface area contributed by atoms with Crippen molar-refractivity contribution in [2.45, 2.75) is 55.9 Å². The van der Waals surface area contributed by atoms with Gasteiger partial charge in [0.2, 0.25) is 7.29 Å². The summed E-state index contributed by atoms with van der Waals surface area (Å²) in [6.45, 7) is 0. The normalized spacial score (nSPS) is 22.0. The van der Waals surface area contributed by atoms with Gasteiger partial charge >= 0.3 is 0 Å². The summed E-state index contributed by atoms with van der Waals surface area (Å²) in [4.78, 5) is 0. The van der Waals surface area contributed by atoms with Crippen LogP contribution >= 0.6 is 15.4 Å². The van der Waals surface area contributed by atoms with Crippen LogP contribution in [0, 0.1) is 11.6 Å². The summed E-state index contributed by atoms with van der Waals surface area (Å²) in [6.07, 6.45) is 5.74. The summed E-state index contributed by atoms with van der Waals surface area (Å²) in [5.41, 5.74) is 2.75. The Morgan fingerprint density at radius 2 is 1.00 bits per heavy atom. The first-order valence-corrected chi connectivity index (χ1v) is 17.0. The van der Waals surface area contributed by atoms with Crippen LogP contribution in [-0.2, 0) is 4.57 Å². The minimum Gasteiger partial charge on any atom is -0.296 e. The molecule has 1 heterocycles. The molecule has 6 heteroatoms. The molecule has 1 saturated carbocycles. The van der Waals surface area contributed by atoms with Crippen LogP contribution in [0.25, 0.3) is 0 Å². The van der Waals surface area contributed by atoms with Crippen LogP contribution in [0.1, 0.15) is 61.0 Å². The molecule has 0 spiro atoms. The van der Waals surface area contributed by atoms with E-state index in [9.17, 15) is 0 Å². The van der Waals surface area contributed by atoms with Crippen molar-refractivity contribution in [2.24, 2.45) is 0 Å². The summed E-state index contributed by atoms with van der Waals surface area (Å²) in [5.74, 6) is -1.07. The van der Waals surface area contributed by atoms with Gasteiger partial charge in [-0.05, 0) is 69.1 Å². The third kappa shape index (κ3) is 4.93. The predicted octanol–water partition coefficient (Wildman–Crippen LogP) is 9.11. The fraction of sp³-hybridized carbons (Fsp3) is 0.273. The number of hydrogen-bond donors (Lipinski definition) is 0. The van der Waals surface area contributed by atoms with Gasteiger partial charge in [0.15, 0.2) is 0 Å². The van der Waals surface area contributed by atoms with E-state index in [4.69, 9.17) is 0 Å². The standard InChI is InChI=1S/C33H33F2NOP2/c34-28-19-9-11-21-32(28)39(37,33-22-12-10-20-29(33)35)36(27-17-7-8-18-27)38-30(25-13-3-1-4-14-25)23-24-31(38)26-15-5-2-6-16-26/h1-6,9-16,19-22,27,30-31H,7-8,17-18,23-24H2. The van der Waals surface area contributed by atoms with Crippen molar-refractivity contribution in [1.82, 2.24) is 4.44 Å². The van der Waals surface area contributed by atoms with Gasteiger partial charge in [0, 0.05) is 17.4 Å². The van der Waals surface area contributed by atoms with E-state index in [2.05, 4.69) is 53.0 Å². The van der Waals surface area contributed by atoms with E-state index in [1.807, 2.05) is 12.1 Å². The van der Waals surface area contributed by atoms with Gasteiger partial charge in [-0.3, -0.25) is 4.57 Å². The molecule has 2 atom stereocenters. The average Bonchev–Trinajstić information content (AvgIpc) is 3.66. The lowest BCUT2D eigenvalue weighted by Crippen LogP contribution is -2.38. The van der Waals surface area contributed by atoms with Crippen molar-refractivity contribution < 1.29 is 13.3 Å². The quantitative estimate of drug-likeness (QED) is 0.211. The zero-order chi connectivity index (χ0) is 26.8. The molecule has 4 aromatic carbocycles. The summed E-state index contributed by atoms with van der Waals surface area (Å²) in [6, 6.07) is 33.6. The summed E-state index contributed by atoms with van der Waals surface area (Å²) < 4.78 is 49.7. The molecule has 4 aromatic rings. The highest BCUT2D eigenvalue weighted by Crippen LogP contribution is 2.79. The van der Waals surface area contributed by atoms with E-state index in [0.29, 0.717) is 0 Å². The molecule has 6 rings (SSSR count). The highest BCUT2D eigenvalue weighted by atomic mass is 31.2. The number of rotatable bonds is 7. The Bertz CT molecular complexity index is 1360. The molecule has 0 radical (unpaired) electrons. The van der Waals surface area contributed by atoms with E-state index in [1.54, 1.807) is 36.4 Å². The third-order valence-corrected chi connectivity index (χ3v) is 15.8. The fourth-order valence-electron chi connectivity index (χ4n) is 6.52. The second kappa shape index (κ2) is 11.5. The van der Waals surface area contributed by atoms with Crippen molar-refractivity contribution in [2.75, 3.05) is 0 Å². The third-order valence-electron chi connectivity index (χ3n) is 8.26. The topological polar surface area (TPSA) is 20.3 Å². The Kier molecular flexibility index (Phi) is 7.81. The van der Waals surface area contributed by atoms with E-state index in [1.165, 1.54) is 23.3 Å². The van der Waals surface area contributed by atoms with Crippen molar-refractivity contribution >= 4 is 26.0 Å². The lowest BCUT2D eigenvalue weighted by molar-refractivity contribution is 0.458. The molecular weight excluding hydrogens is 526 g/mol. The average molecular weight is 560 g/mol. The fourth-order valence-corrected chi connectivity index (χ4v) is 15.1. The van der Waals surface area contributed by atoms with Crippen LogP contribution in [0.15, 0.2) is 109 Å². The largest absolute Gasteiger partial charge is 0.296 e. The highest BCUT2D eigenvalue weighted by Gasteiger charge is 2.52. The van der Waals surface area contributed by atoms with Crippen LogP contribution in [-0.4, -0.2) is 10.5 Å². The van der Waals surface area contributed by atoms with Crippen LogP contribution in [0.3, 0.4) is 0 Å². The molecule has 2 unspecified atom stereocenters. The smallest absolute Gasteiger partial charge is 0.216 e. The molecule has 1 aliphatic heterocycles. The Labute approximate surface area is 231 Å². The minimum atomic E-state index is -3.91. The maximum atomic E-state index is 15.9. The summed E-state index contributed by atoms with van der Waals surface area (Å²) >= 11 is 0. The van der Waals surface area contributed by atoms with E-state index in [0.717, 1.165) is 38.5 Å².